The van der Waals surface area contributed by atoms with Gasteiger partial charge in [-0.05, 0) is 17.7 Å². The Morgan fingerprint density at radius 3 is 2.10 bits per heavy atom. The van der Waals surface area contributed by atoms with Gasteiger partial charge in [-0.1, -0.05) is 42.8 Å². The van der Waals surface area contributed by atoms with Gasteiger partial charge in [0, 0.05) is 11.6 Å². The van der Waals surface area contributed by atoms with Crippen molar-refractivity contribution in [3.63, 3.8) is 0 Å². The molecule has 7 rings (SSSR count). The molecule has 198 valence electrons. The van der Waals surface area contributed by atoms with Gasteiger partial charge in [-0.2, -0.15) is 23.6 Å². The minimum Gasteiger partial charge on any atom is -1.00 e. The zero-order valence-corrected chi connectivity index (χ0v) is 27.5. The van der Waals surface area contributed by atoms with E-state index in [2.05, 4.69) is 140 Å². The van der Waals surface area contributed by atoms with Gasteiger partial charge in [0.15, 0.2) is 0 Å². The molecule has 0 radical (unpaired) electrons. The van der Waals surface area contributed by atoms with Crippen LogP contribution in [0.1, 0.15) is 5.56 Å². The molecule has 1 aromatic heterocycles. The van der Waals surface area contributed by atoms with Crippen molar-refractivity contribution < 1.29 is 48.1 Å². The van der Waals surface area contributed by atoms with E-state index in [4.69, 9.17) is 0 Å². The van der Waals surface area contributed by atoms with Crippen molar-refractivity contribution in [3.8, 4) is 11.1 Å². The Morgan fingerprint density at radius 2 is 1.38 bits per heavy atom. The van der Waals surface area contributed by atoms with Crippen LogP contribution in [0.5, 0.6) is 0 Å². The third-order valence-corrected chi connectivity index (χ3v) is 9.88. The summed E-state index contributed by atoms with van der Waals surface area (Å²) >= 11 is 1.69. The largest absolute Gasteiger partial charge is 1.00 e. The number of benzene rings is 4. The van der Waals surface area contributed by atoms with Crippen LogP contribution in [0.4, 0.5) is 0 Å². The second-order valence-electron chi connectivity index (χ2n) is 9.40. The van der Waals surface area contributed by atoms with E-state index in [1.54, 1.807) is 28.5 Å². The molecule has 5 heteroatoms. The molecule has 6 aromatic carbocycles. The number of fused-ring (bicyclic) bond motifs is 3. The fourth-order valence-electron chi connectivity index (χ4n) is 4.61. The summed E-state index contributed by atoms with van der Waals surface area (Å²) in [5.74, 6) is 0. The number of halogens is 2. The van der Waals surface area contributed by atoms with Gasteiger partial charge in [0.1, 0.15) is 0 Å². The predicted octanol–water partition coefficient (Wildman–Crippen LogP) is 2.71. The van der Waals surface area contributed by atoms with E-state index in [1.165, 1.54) is 43.6 Å². The molecule has 7 aromatic rings. The van der Waals surface area contributed by atoms with Crippen molar-refractivity contribution in [1.82, 2.24) is 4.98 Å². The second-order valence-corrected chi connectivity index (χ2v) is 16.8. The number of nitrogens with zero attached hydrogens (tertiary/aromatic N) is 1. The summed E-state index contributed by atoms with van der Waals surface area (Å²) in [7, 11) is 0. The van der Waals surface area contributed by atoms with E-state index in [9.17, 15) is 0 Å². The first-order valence-electron chi connectivity index (χ1n) is 12.8. The molecule has 0 amide bonds. The number of aryl methyl sites for hydroxylation is 1. The van der Waals surface area contributed by atoms with Crippen LogP contribution in [0.3, 0.4) is 0 Å². The molecule has 0 aliphatic rings. The van der Waals surface area contributed by atoms with Gasteiger partial charge in [0.2, 0.25) is 0 Å². The third-order valence-electron chi connectivity index (χ3n) is 6.55. The summed E-state index contributed by atoms with van der Waals surface area (Å²) in [6, 6.07) is 46.8. The van der Waals surface area contributed by atoms with Crippen LogP contribution in [0.15, 0.2) is 140 Å². The van der Waals surface area contributed by atoms with Crippen molar-refractivity contribution in [2.45, 2.75) is 13.5 Å². The van der Waals surface area contributed by atoms with Crippen LogP contribution < -0.4 is 30.0 Å². The second kappa shape index (κ2) is 15.3. The quantitative estimate of drug-likeness (QED) is 0.207. The van der Waals surface area contributed by atoms with E-state index >= 15 is 0 Å². The van der Waals surface area contributed by atoms with Crippen LogP contribution >= 0.6 is 0 Å². The van der Waals surface area contributed by atoms with Crippen molar-refractivity contribution in [1.29, 1.82) is 0 Å². The molecule has 0 aliphatic heterocycles. The Kier molecular flexibility index (Phi) is 12.1. The average Bonchev–Trinajstić information content (AvgIpc) is 3.59. The Hall–Kier alpha value is -2.81. The first kappa shape index (κ1) is 31.7. The van der Waals surface area contributed by atoms with Crippen LogP contribution in [0.2, 0.25) is 6.55 Å². The molecular formula is C35H29Cl2NSiZr-2. The molecular weight excluding hydrogens is 625 g/mol. The first-order chi connectivity index (χ1) is 18.6. The maximum Gasteiger partial charge on any atom is 0.0702 e. The Labute approximate surface area is 264 Å². The minimum absolute atomic E-state index is 0. The number of rotatable bonds is 2. The molecule has 0 atom stereocenters. The number of hydrogen-bond acceptors (Lipinski definition) is 1. The number of para-hydroxylation sites is 1. The standard InChI is InChI=1S/C19H14N.C9H7.C7H8Si.2ClH.Zr/c1-13-9-14-6-4-7-17(18(14)10-13)16-11-15-5-2-3-8-19(15)20-12-16;1-2-5-9-7-3-6-8(9)4-1;1-8-7-5-3-2-4-6-7;;;/h2-12H,1H3;1-7H;2-6H,1H3;2*1H;/q2*-1;;;;+2/p-2. The summed E-state index contributed by atoms with van der Waals surface area (Å²) < 4.78 is 0. The third kappa shape index (κ3) is 7.89. The minimum atomic E-state index is -0.122. The van der Waals surface area contributed by atoms with Crippen LogP contribution in [0.25, 0.3) is 43.6 Å². The Morgan fingerprint density at radius 1 is 0.700 bits per heavy atom. The molecule has 0 saturated heterocycles. The SMILES string of the molecule is C[Si](=[Zr+2])c1ccccc1.Cc1cc2c(-c3cnc4ccccc4c3)cccc2[cH-]1.[Cl-].[Cl-].c1ccc2[cH-]ccc2c1. The molecule has 0 spiro atoms. The first-order valence-corrected chi connectivity index (χ1v) is 18.5. The number of pyridine rings is 1. The van der Waals surface area contributed by atoms with Crippen LogP contribution in [0, 0.1) is 6.92 Å². The van der Waals surface area contributed by atoms with E-state index in [0.29, 0.717) is 0 Å². The van der Waals surface area contributed by atoms with Gasteiger partial charge in [0.25, 0.3) is 0 Å². The fourth-order valence-corrected chi connectivity index (χ4v) is 6.53. The van der Waals surface area contributed by atoms with Gasteiger partial charge in [-0.15, -0.1) is 64.2 Å². The Balaban J connectivity index is 0.000000185. The smallest absolute Gasteiger partial charge is 0.0702 e. The Bertz CT molecular complexity index is 1790. The van der Waals surface area contributed by atoms with Crippen molar-refractivity contribution in [2.24, 2.45) is 0 Å². The summed E-state index contributed by atoms with van der Waals surface area (Å²) in [5, 5.41) is 8.01. The molecule has 40 heavy (non-hydrogen) atoms. The fraction of sp³-hybridized carbons (Fsp3) is 0.0571. The summed E-state index contributed by atoms with van der Waals surface area (Å²) in [6.07, 6.45) is 1.97. The van der Waals surface area contributed by atoms with E-state index in [0.717, 1.165) is 5.52 Å². The van der Waals surface area contributed by atoms with Gasteiger partial charge < -0.3 is 24.8 Å². The molecule has 0 bridgehead atoms. The number of aromatic nitrogens is 1. The zero-order chi connectivity index (χ0) is 26.3. The number of hydrogen-bond donors (Lipinski definition) is 0. The normalized spacial score (nSPS) is 10.0. The summed E-state index contributed by atoms with van der Waals surface area (Å²) in [6.45, 7) is 4.49. The molecule has 1 nitrogen and oxygen atoms in total. The topological polar surface area (TPSA) is 12.9 Å². The molecule has 0 fully saturated rings. The summed E-state index contributed by atoms with van der Waals surface area (Å²) in [5.41, 5.74) is 4.67. The van der Waals surface area contributed by atoms with E-state index in [-0.39, 0.29) is 30.2 Å². The van der Waals surface area contributed by atoms with E-state index < -0.39 is 0 Å². The van der Waals surface area contributed by atoms with Gasteiger partial charge in [-0.25, -0.2) is 0 Å². The predicted molar refractivity (Wildman–Crippen MR) is 162 cm³/mol. The zero-order valence-electron chi connectivity index (χ0n) is 22.5. The van der Waals surface area contributed by atoms with Crippen molar-refractivity contribution >= 4 is 43.1 Å². The molecule has 1 heterocycles. The molecule has 0 N–H and O–H groups in total. The van der Waals surface area contributed by atoms with Crippen molar-refractivity contribution in [2.75, 3.05) is 0 Å². The molecule has 0 aliphatic carbocycles. The molecule has 0 unspecified atom stereocenters. The maximum absolute atomic E-state index is 4.57. The maximum atomic E-state index is 4.57. The van der Waals surface area contributed by atoms with Crippen molar-refractivity contribution in [3.05, 3.63) is 145 Å². The average molecular weight is 654 g/mol. The summed E-state index contributed by atoms with van der Waals surface area (Å²) in [4.78, 5) is 4.57. The van der Waals surface area contributed by atoms with Crippen LogP contribution in [-0.4, -0.2) is 10.4 Å². The van der Waals surface area contributed by atoms with Gasteiger partial charge in [-0.3, -0.25) is 4.98 Å². The monoisotopic (exact) mass is 651 g/mol. The van der Waals surface area contributed by atoms with E-state index in [1.807, 2.05) is 18.3 Å². The molecule has 0 saturated carbocycles. The van der Waals surface area contributed by atoms with Gasteiger partial charge in [0.05, 0.1) is 5.52 Å². The van der Waals surface area contributed by atoms with Crippen LogP contribution in [-0.2, 0) is 23.3 Å². The van der Waals surface area contributed by atoms with Gasteiger partial charge >= 0.3 is 70.8 Å².